The van der Waals surface area contributed by atoms with Gasteiger partial charge >= 0.3 is 6.09 Å². The Morgan fingerprint density at radius 1 is 1.36 bits per heavy atom. The van der Waals surface area contributed by atoms with Crippen LogP contribution in [0.15, 0.2) is 18.2 Å². The smallest absolute Gasteiger partial charge is 0.410 e. The molecule has 7 heteroatoms. The fourth-order valence-electron chi connectivity index (χ4n) is 3.10. The van der Waals surface area contributed by atoms with Gasteiger partial charge in [-0.15, -0.1) is 0 Å². The molecule has 0 bridgehead atoms. The Balaban J connectivity index is 2.04. The normalized spacial score (nSPS) is 20.4. The summed E-state index contributed by atoms with van der Waals surface area (Å²) >= 11 is 0. The number of benzene rings is 1. The summed E-state index contributed by atoms with van der Waals surface area (Å²) in [5.41, 5.74) is 5.78. The van der Waals surface area contributed by atoms with Crippen molar-refractivity contribution in [2.45, 2.75) is 63.8 Å². The number of aliphatic hydroxyl groups is 1. The molecule has 3 N–H and O–H groups in total. The standard InChI is InChI=1S/C18H26F2N2O3/c1-18(2,3)25-17(24)22-6-4-5-15(22)16(23)14(21)9-11-7-12(19)10-13(20)8-11/h7-8,10,14-16,23H,4-6,9,21H2,1-3H3/t14-,15+,16+/m1/s1. The van der Waals surface area contributed by atoms with E-state index in [9.17, 15) is 18.7 Å². The summed E-state index contributed by atoms with van der Waals surface area (Å²) in [6.07, 6.45) is -0.0537. The number of carbonyl (C=O) groups excluding carboxylic acids is 1. The highest BCUT2D eigenvalue weighted by Gasteiger charge is 2.38. The first kappa shape index (κ1) is 19.6. The van der Waals surface area contributed by atoms with Crippen LogP contribution in [0.3, 0.4) is 0 Å². The second-order valence-corrected chi connectivity index (χ2v) is 7.52. The molecule has 1 fully saturated rings. The van der Waals surface area contributed by atoms with Crippen LogP contribution < -0.4 is 5.73 Å². The minimum Gasteiger partial charge on any atom is -0.444 e. The molecule has 0 spiro atoms. The van der Waals surface area contributed by atoms with Gasteiger partial charge in [-0.05, 0) is 57.7 Å². The van der Waals surface area contributed by atoms with Crippen LogP contribution in [-0.2, 0) is 11.2 Å². The molecule has 1 aliphatic rings. The summed E-state index contributed by atoms with van der Waals surface area (Å²) in [7, 11) is 0. The number of amides is 1. The summed E-state index contributed by atoms with van der Waals surface area (Å²) in [5, 5.41) is 10.6. The third-order valence-corrected chi connectivity index (χ3v) is 4.15. The Kier molecular flexibility index (Phi) is 6.00. The van der Waals surface area contributed by atoms with Gasteiger partial charge in [0.2, 0.25) is 0 Å². The summed E-state index contributed by atoms with van der Waals surface area (Å²) in [5.74, 6) is -1.37. The molecule has 0 saturated carbocycles. The molecule has 1 saturated heterocycles. The van der Waals surface area contributed by atoms with E-state index < -0.39 is 41.5 Å². The summed E-state index contributed by atoms with van der Waals surface area (Å²) in [4.78, 5) is 13.8. The van der Waals surface area contributed by atoms with Gasteiger partial charge in [0.05, 0.1) is 12.1 Å². The van der Waals surface area contributed by atoms with E-state index in [1.54, 1.807) is 20.8 Å². The maximum atomic E-state index is 13.3. The van der Waals surface area contributed by atoms with Gasteiger partial charge in [-0.3, -0.25) is 0 Å². The molecule has 2 rings (SSSR count). The number of halogens is 2. The number of ether oxygens (including phenoxy) is 1. The predicted octanol–water partition coefficient (Wildman–Crippen LogP) is 2.60. The van der Waals surface area contributed by atoms with Crippen molar-refractivity contribution in [3.8, 4) is 0 Å². The van der Waals surface area contributed by atoms with E-state index in [-0.39, 0.29) is 6.42 Å². The van der Waals surface area contributed by atoms with Crippen molar-refractivity contribution in [1.29, 1.82) is 0 Å². The lowest BCUT2D eigenvalue weighted by Gasteiger charge is -2.33. The number of hydrogen-bond donors (Lipinski definition) is 2. The second kappa shape index (κ2) is 7.66. The van der Waals surface area contributed by atoms with Crippen LogP contribution in [0.1, 0.15) is 39.2 Å². The molecule has 3 atom stereocenters. The van der Waals surface area contributed by atoms with Crippen LogP contribution >= 0.6 is 0 Å². The van der Waals surface area contributed by atoms with E-state index in [0.717, 1.165) is 12.5 Å². The average Bonchev–Trinajstić information content (AvgIpc) is 2.92. The monoisotopic (exact) mass is 356 g/mol. The van der Waals surface area contributed by atoms with Gasteiger partial charge in [0.1, 0.15) is 17.2 Å². The molecule has 1 amide bonds. The molecule has 5 nitrogen and oxygen atoms in total. The second-order valence-electron chi connectivity index (χ2n) is 7.52. The third kappa shape index (κ3) is 5.37. The lowest BCUT2D eigenvalue weighted by molar-refractivity contribution is 0.000865. The Morgan fingerprint density at radius 3 is 2.52 bits per heavy atom. The molecule has 1 aromatic carbocycles. The fraction of sp³-hybridized carbons (Fsp3) is 0.611. The number of hydrogen-bond acceptors (Lipinski definition) is 4. The van der Waals surface area contributed by atoms with Crippen molar-refractivity contribution in [3.05, 3.63) is 35.4 Å². The van der Waals surface area contributed by atoms with Gasteiger partial charge in [-0.2, -0.15) is 0 Å². The lowest BCUT2D eigenvalue weighted by Crippen LogP contribution is -2.52. The molecule has 0 aliphatic carbocycles. The zero-order valence-electron chi connectivity index (χ0n) is 14.8. The minimum atomic E-state index is -1.01. The molecular weight excluding hydrogens is 330 g/mol. The first-order chi connectivity index (χ1) is 11.6. The molecule has 1 aromatic rings. The molecule has 25 heavy (non-hydrogen) atoms. The van der Waals surface area contributed by atoms with Crippen molar-refractivity contribution in [2.75, 3.05) is 6.54 Å². The summed E-state index contributed by atoms with van der Waals surface area (Å²) in [6, 6.07) is 1.94. The summed E-state index contributed by atoms with van der Waals surface area (Å²) < 4.78 is 32.0. The van der Waals surface area contributed by atoms with Crippen LogP contribution in [0.25, 0.3) is 0 Å². The highest BCUT2D eigenvalue weighted by molar-refractivity contribution is 5.69. The van der Waals surface area contributed by atoms with Crippen molar-refractivity contribution >= 4 is 6.09 Å². The fourth-order valence-corrected chi connectivity index (χ4v) is 3.10. The maximum absolute atomic E-state index is 13.3. The molecule has 1 aliphatic heterocycles. The van der Waals surface area contributed by atoms with Gasteiger partial charge in [0, 0.05) is 18.7 Å². The van der Waals surface area contributed by atoms with E-state index in [1.165, 1.54) is 17.0 Å². The van der Waals surface area contributed by atoms with Gasteiger partial charge in [-0.25, -0.2) is 13.6 Å². The van der Waals surface area contributed by atoms with Crippen molar-refractivity contribution in [2.24, 2.45) is 5.73 Å². The Morgan fingerprint density at radius 2 is 1.96 bits per heavy atom. The van der Waals surface area contributed by atoms with E-state index in [1.807, 2.05) is 0 Å². The van der Waals surface area contributed by atoms with Crippen LogP contribution in [0.5, 0.6) is 0 Å². The number of nitrogens with zero attached hydrogens (tertiary/aromatic N) is 1. The lowest BCUT2D eigenvalue weighted by atomic mass is 9.95. The Bertz CT molecular complexity index is 599. The van der Waals surface area contributed by atoms with E-state index in [0.29, 0.717) is 18.5 Å². The van der Waals surface area contributed by atoms with Crippen molar-refractivity contribution < 1.29 is 23.4 Å². The van der Waals surface area contributed by atoms with E-state index in [2.05, 4.69) is 0 Å². The Hall–Kier alpha value is -1.73. The molecule has 140 valence electrons. The Labute approximate surface area is 146 Å². The van der Waals surface area contributed by atoms with Gasteiger partial charge in [0.25, 0.3) is 0 Å². The number of likely N-dealkylation sites (tertiary alicyclic amines) is 1. The first-order valence-corrected chi connectivity index (χ1v) is 8.45. The SMILES string of the molecule is CC(C)(C)OC(=O)N1CCC[C@H]1[C@@H](O)[C@H](N)Cc1cc(F)cc(F)c1. The molecule has 0 aromatic heterocycles. The van der Waals surface area contributed by atoms with Gasteiger partial charge in [-0.1, -0.05) is 0 Å². The summed E-state index contributed by atoms with van der Waals surface area (Å²) in [6.45, 7) is 5.81. The van der Waals surface area contributed by atoms with Crippen LogP contribution in [0.4, 0.5) is 13.6 Å². The number of nitrogens with two attached hydrogens (primary N) is 1. The topological polar surface area (TPSA) is 75.8 Å². The van der Waals surface area contributed by atoms with Crippen molar-refractivity contribution in [3.63, 3.8) is 0 Å². The molecule has 1 heterocycles. The maximum Gasteiger partial charge on any atom is 0.410 e. The van der Waals surface area contributed by atoms with E-state index >= 15 is 0 Å². The average molecular weight is 356 g/mol. The first-order valence-electron chi connectivity index (χ1n) is 8.45. The predicted molar refractivity (Wildman–Crippen MR) is 90.0 cm³/mol. The number of aliphatic hydroxyl groups excluding tert-OH is 1. The number of rotatable bonds is 4. The molecule has 0 radical (unpaired) electrons. The quantitative estimate of drug-likeness (QED) is 0.869. The molecule has 0 unspecified atom stereocenters. The molecular formula is C18H26F2N2O3. The minimum absolute atomic E-state index is 0.106. The highest BCUT2D eigenvalue weighted by atomic mass is 19.1. The van der Waals surface area contributed by atoms with Gasteiger partial charge < -0.3 is 20.5 Å². The van der Waals surface area contributed by atoms with Crippen LogP contribution in [0, 0.1) is 11.6 Å². The highest BCUT2D eigenvalue weighted by Crippen LogP contribution is 2.25. The van der Waals surface area contributed by atoms with Crippen LogP contribution in [-0.4, -0.2) is 46.4 Å². The zero-order chi connectivity index (χ0) is 18.8. The van der Waals surface area contributed by atoms with Gasteiger partial charge in [0.15, 0.2) is 0 Å². The third-order valence-electron chi connectivity index (χ3n) is 4.15. The largest absolute Gasteiger partial charge is 0.444 e. The van der Waals surface area contributed by atoms with Crippen molar-refractivity contribution in [1.82, 2.24) is 4.90 Å². The van der Waals surface area contributed by atoms with Crippen LogP contribution in [0.2, 0.25) is 0 Å². The van der Waals surface area contributed by atoms with E-state index in [4.69, 9.17) is 10.5 Å². The number of carbonyl (C=O) groups is 1. The zero-order valence-corrected chi connectivity index (χ0v) is 14.8.